The van der Waals surface area contributed by atoms with Gasteiger partial charge in [-0.2, -0.15) is 0 Å². The lowest BCUT2D eigenvalue weighted by atomic mass is 9.93. The van der Waals surface area contributed by atoms with Crippen LogP contribution in [0, 0.1) is 5.41 Å². The maximum absolute atomic E-state index is 12.8. The van der Waals surface area contributed by atoms with E-state index in [9.17, 15) is 4.79 Å². The van der Waals surface area contributed by atoms with Gasteiger partial charge in [-0.3, -0.25) is 4.79 Å². The molecule has 1 saturated heterocycles. The number of hydrogen-bond donors (Lipinski definition) is 0. The molecule has 1 fully saturated rings. The highest BCUT2D eigenvalue weighted by molar-refractivity contribution is 5.81. The number of ether oxygens (including phenoxy) is 3. The topological polar surface area (TPSA) is 48.0 Å². The Kier molecular flexibility index (Phi) is 6.25. The summed E-state index contributed by atoms with van der Waals surface area (Å²) in [6.45, 7) is 7.41. The zero-order chi connectivity index (χ0) is 20.1. The normalized spacial score (nSPS) is 18.4. The van der Waals surface area contributed by atoms with Crippen molar-refractivity contribution in [2.24, 2.45) is 5.41 Å². The van der Waals surface area contributed by atoms with Crippen molar-refractivity contribution in [2.45, 2.75) is 33.0 Å². The monoisotopic (exact) mass is 383 g/mol. The minimum Gasteiger partial charge on any atom is -0.493 e. The Labute approximate surface area is 167 Å². The highest BCUT2D eigenvalue weighted by atomic mass is 16.6. The second-order valence-corrected chi connectivity index (χ2v) is 8.01. The van der Waals surface area contributed by atoms with E-state index in [2.05, 4.69) is 0 Å². The zero-order valence-corrected chi connectivity index (χ0v) is 17.1. The molecule has 1 amide bonds. The van der Waals surface area contributed by atoms with Gasteiger partial charge in [-0.05, 0) is 17.7 Å². The third-order valence-electron chi connectivity index (χ3n) is 4.81. The molecule has 1 aliphatic rings. The molecule has 2 atom stereocenters. The first-order valence-corrected chi connectivity index (χ1v) is 9.66. The molecule has 1 aliphatic heterocycles. The Morgan fingerprint density at radius 2 is 1.71 bits per heavy atom. The van der Waals surface area contributed by atoms with E-state index in [-0.39, 0.29) is 18.1 Å². The van der Waals surface area contributed by atoms with Gasteiger partial charge in [0.05, 0.1) is 20.3 Å². The number of para-hydroxylation sites is 2. The highest BCUT2D eigenvalue weighted by Gasteiger charge is 2.36. The van der Waals surface area contributed by atoms with Crippen molar-refractivity contribution in [1.29, 1.82) is 0 Å². The molecule has 0 spiro atoms. The lowest BCUT2D eigenvalue weighted by Crippen LogP contribution is -2.51. The molecule has 5 heteroatoms. The molecule has 0 bridgehead atoms. The number of nitrogens with zero attached hydrogens (tertiary/aromatic N) is 1. The molecule has 0 radical (unpaired) electrons. The number of hydrogen-bond acceptors (Lipinski definition) is 4. The minimum absolute atomic E-state index is 0.130. The van der Waals surface area contributed by atoms with E-state index in [1.54, 1.807) is 7.11 Å². The number of benzene rings is 2. The summed E-state index contributed by atoms with van der Waals surface area (Å²) >= 11 is 0. The third-order valence-corrected chi connectivity index (χ3v) is 4.81. The number of carbonyl (C=O) groups is 1. The summed E-state index contributed by atoms with van der Waals surface area (Å²) in [6.07, 6.45) is -0.625. The van der Waals surface area contributed by atoms with Crippen LogP contribution >= 0.6 is 0 Å². The van der Waals surface area contributed by atoms with Crippen LogP contribution in [-0.2, 0) is 9.53 Å². The molecule has 0 aliphatic carbocycles. The van der Waals surface area contributed by atoms with Crippen molar-refractivity contribution in [1.82, 2.24) is 4.90 Å². The van der Waals surface area contributed by atoms with E-state index in [0.29, 0.717) is 31.2 Å². The lowest BCUT2D eigenvalue weighted by Gasteiger charge is -2.39. The summed E-state index contributed by atoms with van der Waals surface area (Å²) in [5.41, 5.74) is 0.580. The molecule has 2 aromatic carbocycles. The fraction of sp³-hybridized carbons (Fsp3) is 0.435. The SMILES string of the molecule is COc1ccccc1OC(c1ccccc1)C1CN(C(=O)C(C)(C)C)CCO1. The van der Waals surface area contributed by atoms with E-state index in [1.165, 1.54) is 0 Å². The second-order valence-electron chi connectivity index (χ2n) is 8.01. The average molecular weight is 383 g/mol. The van der Waals surface area contributed by atoms with Crippen molar-refractivity contribution in [3.05, 3.63) is 60.2 Å². The van der Waals surface area contributed by atoms with Crippen LogP contribution in [0.3, 0.4) is 0 Å². The lowest BCUT2D eigenvalue weighted by molar-refractivity contribution is -0.151. The van der Waals surface area contributed by atoms with Gasteiger partial charge in [0.25, 0.3) is 0 Å². The van der Waals surface area contributed by atoms with E-state index >= 15 is 0 Å². The molecule has 0 saturated carbocycles. The molecule has 2 unspecified atom stereocenters. The van der Waals surface area contributed by atoms with Gasteiger partial charge in [-0.15, -0.1) is 0 Å². The van der Waals surface area contributed by atoms with Crippen molar-refractivity contribution in [2.75, 3.05) is 26.8 Å². The van der Waals surface area contributed by atoms with Crippen LogP contribution in [0.15, 0.2) is 54.6 Å². The number of carbonyl (C=O) groups excluding carboxylic acids is 1. The summed E-state index contributed by atoms with van der Waals surface area (Å²) in [6, 6.07) is 17.6. The molecule has 150 valence electrons. The molecule has 28 heavy (non-hydrogen) atoms. The molecule has 5 nitrogen and oxygen atoms in total. The van der Waals surface area contributed by atoms with E-state index in [0.717, 1.165) is 5.56 Å². The van der Waals surface area contributed by atoms with Crippen LogP contribution < -0.4 is 9.47 Å². The van der Waals surface area contributed by atoms with Gasteiger partial charge in [-0.1, -0.05) is 63.2 Å². The van der Waals surface area contributed by atoms with Gasteiger partial charge in [0.1, 0.15) is 6.10 Å². The van der Waals surface area contributed by atoms with Gasteiger partial charge in [-0.25, -0.2) is 0 Å². The van der Waals surface area contributed by atoms with E-state index < -0.39 is 5.41 Å². The largest absolute Gasteiger partial charge is 0.493 e. The first-order chi connectivity index (χ1) is 13.4. The maximum atomic E-state index is 12.8. The molecule has 1 heterocycles. The van der Waals surface area contributed by atoms with Crippen molar-refractivity contribution < 1.29 is 19.0 Å². The summed E-state index contributed by atoms with van der Waals surface area (Å²) in [4.78, 5) is 14.7. The molecule has 0 aromatic heterocycles. The Morgan fingerprint density at radius 1 is 1.07 bits per heavy atom. The zero-order valence-electron chi connectivity index (χ0n) is 17.1. The first-order valence-electron chi connectivity index (χ1n) is 9.66. The molecule has 2 aromatic rings. The fourth-order valence-electron chi connectivity index (χ4n) is 3.37. The highest BCUT2D eigenvalue weighted by Crippen LogP contribution is 2.34. The predicted octanol–water partition coefficient (Wildman–Crippen LogP) is 4.09. The molecule has 3 rings (SSSR count). The van der Waals surface area contributed by atoms with Gasteiger partial charge in [0.15, 0.2) is 17.6 Å². The van der Waals surface area contributed by atoms with Crippen LogP contribution in [0.25, 0.3) is 0 Å². The number of rotatable bonds is 5. The Morgan fingerprint density at radius 3 is 2.36 bits per heavy atom. The van der Waals surface area contributed by atoms with Crippen LogP contribution in [0.2, 0.25) is 0 Å². The van der Waals surface area contributed by atoms with E-state index in [1.807, 2.05) is 80.3 Å². The number of amides is 1. The van der Waals surface area contributed by atoms with Gasteiger partial charge in [0.2, 0.25) is 5.91 Å². The average Bonchev–Trinajstić information content (AvgIpc) is 2.71. The van der Waals surface area contributed by atoms with Crippen LogP contribution in [0.5, 0.6) is 11.5 Å². The number of morpholine rings is 1. The first kappa shape index (κ1) is 20.2. The molecule has 0 N–H and O–H groups in total. The molecular formula is C23H29NO4. The fourth-order valence-corrected chi connectivity index (χ4v) is 3.37. The van der Waals surface area contributed by atoms with Crippen molar-refractivity contribution in [3.8, 4) is 11.5 Å². The Bertz CT molecular complexity index is 785. The standard InChI is InChI=1S/C23H29NO4/c1-23(2,3)22(25)24-14-15-27-20(16-24)21(17-10-6-5-7-11-17)28-19-13-9-8-12-18(19)26-4/h5-13,20-21H,14-16H2,1-4H3. The van der Waals surface area contributed by atoms with Gasteiger partial charge >= 0.3 is 0 Å². The number of methoxy groups -OCH3 is 1. The maximum Gasteiger partial charge on any atom is 0.228 e. The van der Waals surface area contributed by atoms with Gasteiger partial charge < -0.3 is 19.1 Å². The molecular weight excluding hydrogens is 354 g/mol. The minimum atomic E-state index is -0.423. The third kappa shape index (κ3) is 4.65. The summed E-state index contributed by atoms with van der Waals surface area (Å²) in [7, 11) is 1.63. The smallest absolute Gasteiger partial charge is 0.228 e. The van der Waals surface area contributed by atoms with E-state index in [4.69, 9.17) is 14.2 Å². The summed E-state index contributed by atoms with van der Waals surface area (Å²) < 4.78 is 17.9. The summed E-state index contributed by atoms with van der Waals surface area (Å²) in [5, 5.41) is 0. The Balaban J connectivity index is 1.88. The predicted molar refractivity (Wildman–Crippen MR) is 109 cm³/mol. The van der Waals surface area contributed by atoms with Crippen LogP contribution in [0.1, 0.15) is 32.4 Å². The van der Waals surface area contributed by atoms with Crippen molar-refractivity contribution >= 4 is 5.91 Å². The second kappa shape index (κ2) is 8.65. The quantitative estimate of drug-likeness (QED) is 0.780. The van der Waals surface area contributed by atoms with Crippen molar-refractivity contribution in [3.63, 3.8) is 0 Å². The van der Waals surface area contributed by atoms with Gasteiger partial charge in [0, 0.05) is 12.0 Å². The van der Waals surface area contributed by atoms with Crippen LogP contribution in [0.4, 0.5) is 0 Å². The Hall–Kier alpha value is -2.53. The summed E-state index contributed by atoms with van der Waals surface area (Å²) in [5.74, 6) is 1.45. The van der Waals surface area contributed by atoms with Crippen LogP contribution in [-0.4, -0.2) is 43.7 Å².